The topological polar surface area (TPSA) is 23.8 Å². The van der Waals surface area contributed by atoms with Crippen molar-refractivity contribution in [2.75, 3.05) is 0 Å². The molecule has 0 radical (unpaired) electrons. The van der Waals surface area contributed by atoms with Crippen LogP contribution in [0.3, 0.4) is 0 Å². The van der Waals surface area contributed by atoms with Crippen LogP contribution in [0.15, 0.2) is 0 Å². The van der Waals surface area contributed by atoms with Crippen molar-refractivity contribution in [1.29, 1.82) is 5.26 Å². The Morgan fingerprint density at radius 1 is 1.08 bits per heavy atom. The normalized spacial score (nSPS) is 17.5. The summed E-state index contributed by atoms with van der Waals surface area (Å²) in [5.41, 5.74) is 0. The van der Waals surface area contributed by atoms with Crippen LogP contribution in [0.5, 0.6) is 0 Å². The molecule has 1 heteroatoms. The zero-order chi connectivity index (χ0) is 10.3. The van der Waals surface area contributed by atoms with Crippen molar-refractivity contribution in [2.24, 2.45) is 17.8 Å². The molecular formula is C12H23N. The molecule has 0 saturated heterocycles. The van der Waals surface area contributed by atoms with Crippen LogP contribution in [0.4, 0.5) is 0 Å². The van der Waals surface area contributed by atoms with E-state index in [0.717, 1.165) is 24.7 Å². The molecule has 0 amide bonds. The monoisotopic (exact) mass is 181 g/mol. The SMILES string of the molecule is CCC(C#N)CC(CC)C(C)CC. The van der Waals surface area contributed by atoms with E-state index in [1.165, 1.54) is 12.8 Å². The van der Waals surface area contributed by atoms with Gasteiger partial charge in [-0.3, -0.25) is 0 Å². The van der Waals surface area contributed by atoms with E-state index >= 15 is 0 Å². The molecule has 0 aliphatic rings. The summed E-state index contributed by atoms with van der Waals surface area (Å²) in [5, 5.41) is 8.87. The molecule has 3 atom stereocenters. The van der Waals surface area contributed by atoms with Gasteiger partial charge in [0.1, 0.15) is 0 Å². The highest BCUT2D eigenvalue weighted by molar-refractivity contribution is 4.84. The summed E-state index contributed by atoms with van der Waals surface area (Å²) in [6.07, 6.45) is 4.55. The summed E-state index contributed by atoms with van der Waals surface area (Å²) in [7, 11) is 0. The molecule has 0 saturated carbocycles. The van der Waals surface area contributed by atoms with Crippen molar-refractivity contribution >= 4 is 0 Å². The Hall–Kier alpha value is -0.510. The number of hydrogen-bond donors (Lipinski definition) is 0. The maximum Gasteiger partial charge on any atom is 0.0655 e. The van der Waals surface area contributed by atoms with Gasteiger partial charge in [-0.1, -0.05) is 40.5 Å². The third kappa shape index (κ3) is 4.31. The molecule has 0 aromatic carbocycles. The third-order valence-corrected chi connectivity index (χ3v) is 3.24. The largest absolute Gasteiger partial charge is 0.198 e. The Labute approximate surface area is 83.1 Å². The van der Waals surface area contributed by atoms with Crippen molar-refractivity contribution < 1.29 is 0 Å². The molecule has 0 heterocycles. The van der Waals surface area contributed by atoms with Gasteiger partial charge in [0.05, 0.1) is 6.07 Å². The van der Waals surface area contributed by atoms with Gasteiger partial charge >= 0.3 is 0 Å². The average molecular weight is 181 g/mol. The van der Waals surface area contributed by atoms with Gasteiger partial charge in [0.25, 0.3) is 0 Å². The van der Waals surface area contributed by atoms with E-state index in [-0.39, 0.29) is 5.92 Å². The Balaban J connectivity index is 4.04. The third-order valence-electron chi connectivity index (χ3n) is 3.24. The fourth-order valence-electron chi connectivity index (χ4n) is 1.81. The summed E-state index contributed by atoms with van der Waals surface area (Å²) in [6.45, 7) is 8.89. The van der Waals surface area contributed by atoms with E-state index < -0.39 is 0 Å². The van der Waals surface area contributed by atoms with Gasteiger partial charge in [0, 0.05) is 5.92 Å². The van der Waals surface area contributed by atoms with Gasteiger partial charge in [0.2, 0.25) is 0 Å². The highest BCUT2D eigenvalue weighted by Crippen LogP contribution is 2.26. The van der Waals surface area contributed by atoms with Crippen molar-refractivity contribution in [3.63, 3.8) is 0 Å². The first kappa shape index (κ1) is 12.5. The van der Waals surface area contributed by atoms with Crippen LogP contribution in [0.25, 0.3) is 0 Å². The van der Waals surface area contributed by atoms with Gasteiger partial charge < -0.3 is 0 Å². The Morgan fingerprint density at radius 3 is 2.00 bits per heavy atom. The van der Waals surface area contributed by atoms with Gasteiger partial charge in [0.15, 0.2) is 0 Å². The summed E-state index contributed by atoms with van der Waals surface area (Å²) in [5.74, 6) is 1.79. The summed E-state index contributed by atoms with van der Waals surface area (Å²) < 4.78 is 0. The fraction of sp³-hybridized carbons (Fsp3) is 0.917. The molecule has 1 nitrogen and oxygen atoms in total. The van der Waals surface area contributed by atoms with E-state index in [1.807, 2.05) is 0 Å². The van der Waals surface area contributed by atoms with Gasteiger partial charge in [-0.25, -0.2) is 0 Å². The zero-order valence-corrected chi connectivity index (χ0v) is 9.51. The quantitative estimate of drug-likeness (QED) is 0.607. The number of nitriles is 1. The van der Waals surface area contributed by atoms with Crippen molar-refractivity contribution in [2.45, 2.75) is 53.4 Å². The summed E-state index contributed by atoms with van der Waals surface area (Å²) in [4.78, 5) is 0. The number of rotatable bonds is 6. The first-order chi connectivity index (χ1) is 6.19. The molecule has 0 aromatic rings. The molecule has 0 rings (SSSR count). The smallest absolute Gasteiger partial charge is 0.0655 e. The maximum absolute atomic E-state index is 8.87. The highest BCUT2D eigenvalue weighted by Gasteiger charge is 2.17. The maximum atomic E-state index is 8.87. The number of hydrogen-bond acceptors (Lipinski definition) is 1. The van der Waals surface area contributed by atoms with Gasteiger partial charge in [-0.2, -0.15) is 5.26 Å². The predicted octanol–water partition coefficient (Wildman–Crippen LogP) is 4.00. The van der Waals surface area contributed by atoms with Crippen LogP contribution < -0.4 is 0 Å². The van der Waals surface area contributed by atoms with Crippen LogP contribution in [-0.4, -0.2) is 0 Å². The summed E-state index contributed by atoms with van der Waals surface area (Å²) in [6, 6.07) is 2.40. The Morgan fingerprint density at radius 2 is 1.69 bits per heavy atom. The van der Waals surface area contributed by atoms with Gasteiger partial charge in [-0.05, 0) is 24.7 Å². The molecular weight excluding hydrogens is 158 g/mol. The van der Waals surface area contributed by atoms with Crippen molar-refractivity contribution in [3.05, 3.63) is 0 Å². The highest BCUT2D eigenvalue weighted by atomic mass is 14.3. The second-order valence-electron chi connectivity index (χ2n) is 4.02. The van der Waals surface area contributed by atoms with Crippen LogP contribution in [-0.2, 0) is 0 Å². The molecule has 13 heavy (non-hydrogen) atoms. The van der Waals surface area contributed by atoms with E-state index in [1.54, 1.807) is 0 Å². The van der Waals surface area contributed by atoms with E-state index in [2.05, 4.69) is 33.8 Å². The second-order valence-corrected chi connectivity index (χ2v) is 4.02. The van der Waals surface area contributed by atoms with E-state index in [0.29, 0.717) is 0 Å². The minimum atomic E-state index is 0.277. The Kier molecular flexibility index (Phi) is 6.68. The van der Waals surface area contributed by atoms with E-state index in [4.69, 9.17) is 5.26 Å². The van der Waals surface area contributed by atoms with E-state index in [9.17, 15) is 0 Å². The molecule has 3 unspecified atom stereocenters. The van der Waals surface area contributed by atoms with Crippen LogP contribution >= 0.6 is 0 Å². The fourth-order valence-corrected chi connectivity index (χ4v) is 1.81. The van der Waals surface area contributed by atoms with Crippen molar-refractivity contribution in [1.82, 2.24) is 0 Å². The average Bonchev–Trinajstić information content (AvgIpc) is 2.19. The molecule has 0 aliphatic heterocycles. The lowest BCUT2D eigenvalue weighted by molar-refractivity contribution is 0.287. The molecule has 0 fully saturated rings. The van der Waals surface area contributed by atoms with Crippen molar-refractivity contribution in [3.8, 4) is 6.07 Å². The van der Waals surface area contributed by atoms with Crippen LogP contribution in [0.2, 0.25) is 0 Å². The molecule has 0 bridgehead atoms. The minimum Gasteiger partial charge on any atom is -0.198 e. The second kappa shape index (κ2) is 6.95. The molecule has 0 spiro atoms. The lowest BCUT2D eigenvalue weighted by atomic mass is 9.82. The van der Waals surface area contributed by atoms with Gasteiger partial charge in [-0.15, -0.1) is 0 Å². The predicted molar refractivity (Wildman–Crippen MR) is 57.2 cm³/mol. The van der Waals surface area contributed by atoms with Crippen LogP contribution in [0.1, 0.15) is 53.4 Å². The minimum absolute atomic E-state index is 0.277. The first-order valence-electron chi connectivity index (χ1n) is 5.59. The lowest BCUT2D eigenvalue weighted by Crippen LogP contribution is -2.14. The molecule has 0 N–H and O–H groups in total. The molecule has 0 aliphatic carbocycles. The number of nitrogens with zero attached hydrogens (tertiary/aromatic N) is 1. The van der Waals surface area contributed by atoms with Crippen LogP contribution in [0, 0.1) is 29.1 Å². The summed E-state index contributed by atoms with van der Waals surface area (Å²) >= 11 is 0. The first-order valence-corrected chi connectivity index (χ1v) is 5.59. The standard InChI is InChI=1S/C12H23N/c1-5-10(4)12(7-3)8-11(6-2)9-13/h10-12H,5-8H2,1-4H3. The lowest BCUT2D eigenvalue weighted by Gasteiger charge is -2.23. The molecule has 0 aromatic heterocycles. The molecule has 76 valence electrons. The Bertz CT molecular complexity index is 157. The zero-order valence-electron chi connectivity index (χ0n) is 9.51.